The molecule has 0 aromatic heterocycles. The van der Waals surface area contributed by atoms with E-state index in [2.05, 4.69) is 5.32 Å². The molecule has 0 spiro atoms. The Morgan fingerprint density at radius 3 is 2.56 bits per heavy atom. The summed E-state index contributed by atoms with van der Waals surface area (Å²) in [5.41, 5.74) is 0.483. The van der Waals surface area contributed by atoms with E-state index in [0.717, 1.165) is 12.1 Å². The third-order valence-corrected chi connectivity index (χ3v) is 5.29. The fraction of sp³-hybridized carbons (Fsp3) is 0.188. The molecule has 0 radical (unpaired) electrons. The maximum Gasteiger partial charge on any atom is 0.341 e. The van der Waals surface area contributed by atoms with Crippen LogP contribution in [-0.4, -0.2) is 31.9 Å². The number of carboxylic acids is 1. The lowest BCUT2D eigenvalue weighted by molar-refractivity contribution is -0.139. The maximum absolute atomic E-state index is 13.5. The van der Waals surface area contributed by atoms with Gasteiger partial charge in [0.25, 0.3) is 0 Å². The molecule has 134 valence electrons. The molecule has 9 heteroatoms. The second kappa shape index (κ2) is 7.71. The molecule has 0 aliphatic rings. The van der Waals surface area contributed by atoms with Crippen molar-refractivity contribution in [1.29, 1.82) is 0 Å². The summed E-state index contributed by atoms with van der Waals surface area (Å²) in [6.45, 7) is 0.927. The second-order valence-corrected chi connectivity index (χ2v) is 7.68. The Kier molecular flexibility index (Phi) is 5.86. The Bertz CT molecular complexity index is 901. The van der Waals surface area contributed by atoms with Crippen molar-refractivity contribution in [2.45, 2.75) is 11.8 Å². The van der Waals surface area contributed by atoms with Gasteiger partial charge in [0.2, 0.25) is 0 Å². The van der Waals surface area contributed by atoms with Crippen LogP contribution in [0.2, 0.25) is 5.02 Å². The molecular weight excluding hydrogens is 373 g/mol. The highest BCUT2D eigenvalue weighted by atomic mass is 35.5. The SMILES string of the molecule is CCS(=O)(=O)c1ccc(Nc2cc(F)ccc2OCC(=O)O)c(Cl)c1. The van der Waals surface area contributed by atoms with E-state index in [9.17, 15) is 17.6 Å². The average Bonchev–Trinajstić information content (AvgIpc) is 2.55. The minimum atomic E-state index is -3.41. The Hall–Kier alpha value is -2.32. The molecule has 6 nitrogen and oxygen atoms in total. The number of carboxylic acid groups (broad SMARTS) is 1. The number of anilines is 2. The predicted molar refractivity (Wildman–Crippen MR) is 92.0 cm³/mol. The highest BCUT2D eigenvalue weighted by molar-refractivity contribution is 7.91. The summed E-state index contributed by atoms with van der Waals surface area (Å²) in [5.74, 6) is -1.69. The van der Waals surface area contributed by atoms with Gasteiger partial charge >= 0.3 is 5.97 Å². The van der Waals surface area contributed by atoms with Crippen molar-refractivity contribution in [3.63, 3.8) is 0 Å². The standard InChI is InChI=1S/C16H15ClFNO5S/c1-2-25(22,23)11-4-5-13(12(17)8-11)19-14-7-10(18)3-6-15(14)24-9-16(20)21/h3-8,19H,2,9H2,1H3,(H,20,21). The van der Waals surface area contributed by atoms with Crippen LogP contribution in [0.5, 0.6) is 5.75 Å². The van der Waals surface area contributed by atoms with Crippen molar-refractivity contribution < 1.29 is 27.4 Å². The first-order chi connectivity index (χ1) is 11.7. The molecule has 0 heterocycles. The van der Waals surface area contributed by atoms with Crippen LogP contribution in [0.1, 0.15) is 6.92 Å². The van der Waals surface area contributed by atoms with Crippen LogP contribution in [0.4, 0.5) is 15.8 Å². The molecule has 2 N–H and O–H groups in total. The lowest BCUT2D eigenvalue weighted by Crippen LogP contribution is -2.10. The van der Waals surface area contributed by atoms with E-state index in [1.165, 1.54) is 31.2 Å². The predicted octanol–water partition coefficient (Wildman–Crippen LogP) is 3.48. The quantitative estimate of drug-likeness (QED) is 0.755. The zero-order valence-corrected chi connectivity index (χ0v) is 14.7. The van der Waals surface area contributed by atoms with Crippen molar-refractivity contribution in [2.24, 2.45) is 0 Å². The zero-order valence-electron chi connectivity index (χ0n) is 13.1. The van der Waals surface area contributed by atoms with Crippen molar-refractivity contribution in [3.8, 4) is 5.75 Å². The van der Waals surface area contributed by atoms with Crippen LogP contribution in [0.25, 0.3) is 0 Å². The van der Waals surface area contributed by atoms with Crippen molar-refractivity contribution in [1.82, 2.24) is 0 Å². The van der Waals surface area contributed by atoms with Gasteiger partial charge in [-0.15, -0.1) is 0 Å². The summed E-state index contributed by atoms with van der Waals surface area (Å²) in [6, 6.07) is 7.64. The molecule has 0 atom stereocenters. The van der Waals surface area contributed by atoms with Crippen LogP contribution in [0.3, 0.4) is 0 Å². The number of rotatable bonds is 7. The summed E-state index contributed by atoms with van der Waals surface area (Å²) in [5, 5.41) is 11.6. The summed E-state index contributed by atoms with van der Waals surface area (Å²) >= 11 is 6.11. The van der Waals surface area contributed by atoms with Crippen molar-refractivity contribution in [3.05, 3.63) is 47.2 Å². The molecule has 0 fully saturated rings. The third-order valence-electron chi connectivity index (χ3n) is 3.24. The van der Waals surface area contributed by atoms with Crippen LogP contribution in [0, 0.1) is 5.82 Å². The molecule has 0 amide bonds. The van der Waals surface area contributed by atoms with Gasteiger partial charge in [-0.25, -0.2) is 17.6 Å². The largest absolute Gasteiger partial charge is 0.480 e. The van der Waals surface area contributed by atoms with E-state index in [-0.39, 0.29) is 27.1 Å². The van der Waals surface area contributed by atoms with Gasteiger partial charge in [0.15, 0.2) is 16.4 Å². The molecule has 0 saturated carbocycles. The Morgan fingerprint density at radius 2 is 1.96 bits per heavy atom. The summed E-state index contributed by atoms with van der Waals surface area (Å²) in [7, 11) is -3.41. The van der Waals surface area contributed by atoms with Crippen LogP contribution >= 0.6 is 11.6 Å². The van der Waals surface area contributed by atoms with Crippen LogP contribution in [-0.2, 0) is 14.6 Å². The minimum Gasteiger partial charge on any atom is -0.480 e. The number of benzene rings is 2. The molecule has 0 bridgehead atoms. The summed E-state index contributed by atoms with van der Waals surface area (Å²) in [4.78, 5) is 10.7. The van der Waals surface area contributed by atoms with E-state index in [1.807, 2.05) is 0 Å². The van der Waals surface area contributed by atoms with E-state index < -0.39 is 28.2 Å². The highest BCUT2D eigenvalue weighted by Gasteiger charge is 2.15. The third kappa shape index (κ3) is 4.83. The summed E-state index contributed by atoms with van der Waals surface area (Å²) in [6.07, 6.45) is 0. The smallest absolute Gasteiger partial charge is 0.341 e. The molecule has 0 aliphatic heterocycles. The van der Waals surface area contributed by atoms with Gasteiger partial charge in [-0.2, -0.15) is 0 Å². The average molecular weight is 388 g/mol. The van der Waals surface area contributed by atoms with Gasteiger partial charge in [0.1, 0.15) is 11.6 Å². The van der Waals surface area contributed by atoms with Crippen molar-refractivity contribution >= 4 is 38.8 Å². The van der Waals surface area contributed by atoms with Crippen molar-refractivity contribution in [2.75, 3.05) is 17.7 Å². The topological polar surface area (TPSA) is 92.7 Å². The Balaban J connectivity index is 2.33. The zero-order chi connectivity index (χ0) is 18.6. The van der Waals surface area contributed by atoms with E-state index in [1.54, 1.807) is 0 Å². The number of halogens is 2. The van der Waals surface area contributed by atoms with E-state index in [0.29, 0.717) is 5.69 Å². The van der Waals surface area contributed by atoms with Gasteiger partial charge < -0.3 is 15.2 Å². The van der Waals surface area contributed by atoms with Gasteiger partial charge in [-0.3, -0.25) is 0 Å². The van der Waals surface area contributed by atoms with E-state index in [4.69, 9.17) is 21.4 Å². The molecule has 0 aliphatic carbocycles. The molecule has 2 rings (SSSR count). The fourth-order valence-electron chi connectivity index (χ4n) is 1.97. The van der Waals surface area contributed by atoms with E-state index >= 15 is 0 Å². The molecule has 2 aromatic carbocycles. The van der Waals surface area contributed by atoms with Gasteiger partial charge in [-0.1, -0.05) is 18.5 Å². The Labute approximate surface area is 149 Å². The highest BCUT2D eigenvalue weighted by Crippen LogP contribution is 2.33. The molecule has 25 heavy (non-hydrogen) atoms. The van der Waals surface area contributed by atoms with Gasteiger partial charge in [-0.05, 0) is 30.3 Å². The first kappa shape index (κ1) is 19.0. The lowest BCUT2D eigenvalue weighted by atomic mass is 10.2. The number of hydrogen-bond donors (Lipinski definition) is 2. The number of aliphatic carboxylic acids is 1. The Morgan fingerprint density at radius 1 is 1.24 bits per heavy atom. The first-order valence-electron chi connectivity index (χ1n) is 7.16. The second-order valence-electron chi connectivity index (χ2n) is 4.99. The monoisotopic (exact) mass is 387 g/mol. The van der Waals surface area contributed by atoms with Gasteiger partial charge in [0.05, 0.1) is 27.0 Å². The number of carbonyl (C=O) groups is 1. The normalized spacial score (nSPS) is 11.2. The summed E-state index contributed by atoms with van der Waals surface area (Å²) < 4.78 is 42.3. The maximum atomic E-state index is 13.5. The number of sulfone groups is 1. The molecular formula is C16H15ClFNO5S. The minimum absolute atomic E-state index is 0.0623. The van der Waals surface area contributed by atoms with Gasteiger partial charge in [0, 0.05) is 6.07 Å². The van der Waals surface area contributed by atoms with Crippen LogP contribution in [0.15, 0.2) is 41.3 Å². The molecule has 0 unspecified atom stereocenters. The first-order valence-corrected chi connectivity index (χ1v) is 9.19. The molecule has 0 saturated heterocycles. The number of nitrogens with one attached hydrogen (secondary N) is 1. The number of hydrogen-bond acceptors (Lipinski definition) is 5. The molecule has 2 aromatic rings. The number of ether oxygens (including phenoxy) is 1. The lowest BCUT2D eigenvalue weighted by Gasteiger charge is -2.14. The fourth-order valence-corrected chi connectivity index (χ4v) is 3.17. The van der Waals surface area contributed by atoms with Crippen LogP contribution < -0.4 is 10.1 Å².